The smallest absolute Gasteiger partial charge is 0.410 e. The molecule has 1 aliphatic heterocycles. The summed E-state index contributed by atoms with van der Waals surface area (Å²) in [7, 11) is 0. The maximum absolute atomic E-state index is 12.7. The SMILES string of the molecule is CC(C)(C)OC(=O)N1CCCCC(N(Cc2ccccc2)Cc2ccccc2)C1. The highest BCUT2D eigenvalue weighted by Crippen LogP contribution is 2.22. The number of amides is 1. The first-order valence-corrected chi connectivity index (χ1v) is 10.7. The van der Waals surface area contributed by atoms with Crippen molar-refractivity contribution in [3.63, 3.8) is 0 Å². The summed E-state index contributed by atoms with van der Waals surface area (Å²) in [6.07, 6.45) is 3.06. The summed E-state index contributed by atoms with van der Waals surface area (Å²) in [6, 6.07) is 21.5. The average molecular weight is 395 g/mol. The number of likely N-dealkylation sites (tertiary alicyclic amines) is 1. The van der Waals surface area contributed by atoms with Crippen molar-refractivity contribution in [1.29, 1.82) is 0 Å². The van der Waals surface area contributed by atoms with E-state index < -0.39 is 5.60 Å². The van der Waals surface area contributed by atoms with E-state index in [9.17, 15) is 4.79 Å². The van der Waals surface area contributed by atoms with E-state index in [4.69, 9.17) is 4.74 Å². The molecule has 29 heavy (non-hydrogen) atoms. The van der Waals surface area contributed by atoms with Gasteiger partial charge in [0.2, 0.25) is 0 Å². The number of hydrogen-bond donors (Lipinski definition) is 0. The van der Waals surface area contributed by atoms with Crippen LogP contribution in [0.25, 0.3) is 0 Å². The second kappa shape index (κ2) is 9.93. The molecular weight excluding hydrogens is 360 g/mol. The fraction of sp³-hybridized carbons (Fsp3) is 0.480. The molecule has 0 aromatic heterocycles. The third kappa shape index (κ3) is 6.90. The largest absolute Gasteiger partial charge is 0.444 e. The number of hydrogen-bond acceptors (Lipinski definition) is 3. The normalized spacial score (nSPS) is 17.8. The van der Waals surface area contributed by atoms with Crippen LogP contribution in [0, 0.1) is 0 Å². The molecule has 1 saturated heterocycles. The zero-order chi connectivity index (χ0) is 20.7. The molecule has 0 radical (unpaired) electrons. The van der Waals surface area contributed by atoms with Crippen LogP contribution in [0.1, 0.15) is 51.2 Å². The van der Waals surface area contributed by atoms with Gasteiger partial charge >= 0.3 is 6.09 Å². The van der Waals surface area contributed by atoms with Gasteiger partial charge < -0.3 is 9.64 Å². The Morgan fingerprint density at radius 1 is 0.966 bits per heavy atom. The first-order chi connectivity index (χ1) is 13.9. The number of carbonyl (C=O) groups is 1. The van der Waals surface area contributed by atoms with Crippen LogP contribution in [0.15, 0.2) is 60.7 Å². The van der Waals surface area contributed by atoms with Crippen LogP contribution in [0.2, 0.25) is 0 Å². The van der Waals surface area contributed by atoms with Gasteiger partial charge in [0.15, 0.2) is 0 Å². The Morgan fingerprint density at radius 3 is 2.03 bits per heavy atom. The number of ether oxygens (including phenoxy) is 1. The number of carbonyl (C=O) groups excluding carboxylic acids is 1. The molecule has 0 aliphatic carbocycles. The van der Waals surface area contributed by atoms with E-state index in [-0.39, 0.29) is 6.09 Å². The summed E-state index contributed by atoms with van der Waals surface area (Å²) < 4.78 is 5.67. The second-order valence-electron chi connectivity index (χ2n) is 8.95. The number of rotatable bonds is 5. The third-order valence-electron chi connectivity index (χ3n) is 5.27. The van der Waals surface area contributed by atoms with E-state index in [2.05, 4.69) is 65.6 Å². The van der Waals surface area contributed by atoms with Crippen molar-refractivity contribution in [1.82, 2.24) is 9.80 Å². The standard InChI is InChI=1S/C25H34N2O2/c1-25(2,3)29-24(28)26-17-11-10-16-23(20-26)27(18-21-12-6-4-7-13-21)19-22-14-8-5-9-15-22/h4-9,12-15,23H,10-11,16-20H2,1-3H3. The molecule has 1 amide bonds. The van der Waals surface area contributed by atoms with Crippen LogP contribution in [-0.4, -0.2) is 40.6 Å². The molecule has 1 fully saturated rings. The lowest BCUT2D eigenvalue weighted by Crippen LogP contribution is -2.45. The Labute approximate surface area is 175 Å². The van der Waals surface area contributed by atoms with Crippen LogP contribution in [0.3, 0.4) is 0 Å². The van der Waals surface area contributed by atoms with Crippen LogP contribution in [0.4, 0.5) is 4.79 Å². The van der Waals surface area contributed by atoms with Crippen molar-refractivity contribution < 1.29 is 9.53 Å². The molecule has 0 saturated carbocycles. The second-order valence-corrected chi connectivity index (χ2v) is 8.95. The molecule has 1 unspecified atom stereocenters. The summed E-state index contributed by atoms with van der Waals surface area (Å²) in [5.74, 6) is 0. The molecule has 0 bridgehead atoms. The van der Waals surface area contributed by atoms with Crippen molar-refractivity contribution in [2.45, 2.75) is 64.8 Å². The van der Waals surface area contributed by atoms with Crippen LogP contribution in [0.5, 0.6) is 0 Å². The van der Waals surface area contributed by atoms with E-state index in [1.165, 1.54) is 11.1 Å². The predicted octanol–water partition coefficient (Wildman–Crippen LogP) is 5.48. The highest BCUT2D eigenvalue weighted by Gasteiger charge is 2.29. The van der Waals surface area contributed by atoms with E-state index in [0.29, 0.717) is 12.6 Å². The van der Waals surface area contributed by atoms with Gasteiger partial charge in [-0.2, -0.15) is 0 Å². The maximum atomic E-state index is 12.7. The van der Waals surface area contributed by atoms with Crippen LogP contribution < -0.4 is 0 Å². The van der Waals surface area contributed by atoms with Gasteiger partial charge in [-0.1, -0.05) is 67.1 Å². The van der Waals surface area contributed by atoms with Crippen molar-refractivity contribution in [3.8, 4) is 0 Å². The average Bonchev–Trinajstić information content (AvgIpc) is 2.94. The van der Waals surface area contributed by atoms with Gasteiger partial charge in [0.05, 0.1) is 0 Å². The highest BCUT2D eigenvalue weighted by atomic mass is 16.6. The molecule has 3 rings (SSSR count). The fourth-order valence-electron chi connectivity index (χ4n) is 3.86. The maximum Gasteiger partial charge on any atom is 0.410 e. The molecule has 4 heteroatoms. The summed E-state index contributed by atoms with van der Waals surface area (Å²) in [5.41, 5.74) is 2.14. The Bertz CT molecular complexity index is 714. The lowest BCUT2D eigenvalue weighted by molar-refractivity contribution is 0.0198. The van der Waals surface area contributed by atoms with Gasteiger partial charge in [-0.25, -0.2) is 4.79 Å². The Hall–Kier alpha value is -2.33. The molecule has 1 aliphatic rings. The van der Waals surface area contributed by atoms with Gasteiger partial charge in [0, 0.05) is 32.2 Å². The molecule has 0 spiro atoms. The highest BCUT2D eigenvalue weighted by molar-refractivity contribution is 5.68. The topological polar surface area (TPSA) is 32.8 Å². The zero-order valence-electron chi connectivity index (χ0n) is 18.0. The molecule has 1 atom stereocenters. The van der Waals surface area contributed by atoms with Crippen LogP contribution >= 0.6 is 0 Å². The molecule has 1 heterocycles. The lowest BCUT2D eigenvalue weighted by Gasteiger charge is -2.34. The van der Waals surface area contributed by atoms with Crippen molar-refractivity contribution in [2.24, 2.45) is 0 Å². The van der Waals surface area contributed by atoms with Crippen molar-refractivity contribution in [2.75, 3.05) is 13.1 Å². The van der Waals surface area contributed by atoms with Gasteiger partial charge in [0.25, 0.3) is 0 Å². The predicted molar refractivity (Wildman–Crippen MR) is 118 cm³/mol. The minimum atomic E-state index is -0.466. The van der Waals surface area contributed by atoms with E-state index in [0.717, 1.165) is 38.9 Å². The first kappa shape index (κ1) is 21.4. The Morgan fingerprint density at radius 2 is 1.52 bits per heavy atom. The molecule has 2 aromatic carbocycles. The molecule has 156 valence electrons. The summed E-state index contributed by atoms with van der Waals surface area (Å²) >= 11 is 0. The Kier molecular flexibility index (Phi) is 7.32. The molecule has 4 nitrogen and oxygen atoms in total. The van der Waals surface area contributed by atoms with Gasteiger partial charge in [0.1, 0.15) is 5.60 Å². The van der Waals surface area contributed by atoms with Gasteiger partial charge in [-0.15, -0.1) is 0 Å². The molecule has 2 aromatic rings. The first-order valence-electron chi connectivity index (χ1n) is 10.7. The number of nitrogens with zero attached hydrogens (tertiary/aromatic N) is 2. The summed E-state index contributed by atoms with van der Waals surface area (Å²) in [4.78, 5) is 17.2. The third-order valence-corrected chi connectivity index (χ3v) is 5.27. The fourth-order valence-corrected chi connectivity index (χ4v) is 3.86. The van der Waals surface area contributed by atoms with E-state index >= 15 is 0 Å². The Balaban J connectivity index is 1.77. The van der Waals surface area contributed by atoms with Crippen molar-refractivity contribution >= 4 is 6.09 Å². The van der Waals surface area contributed by atoms with Crippen molar-refractivity contribution in [3.05, 3.63) is 71.8 Å². The van der Waals surface area contributed by atoms with Gasteiger partial charge in [-0.3, -0.25) is 4.90 Å². The van der Waals surface area contributed by atoms with E-state index in [1.807, 2.05) is 25.7 Å². The zero-order valence-corrected chi connectivity index (χ0v) is 18.0. The minimum Gasteiger partial charge on any atom is -0.444 e. The molecule has 0 N–H and O–H groups in total. The minimum absolute atomic E-state index is 0.191. The van der Waals surface area contributed by atoms with E-state index in [1.54, 1.807) is 0 Å². The van der Waals surface area contributed by atoms with Gasteiger partial charge in [-0.05, 0) is 44.7 Å². The monoisotopic (exact) mass is 394 g/mol. The summed E-state index contributed by atoms with van der Waals surface area (Å²) in [6.45, 7) is 9.03. The van der Waals surface area contributed by atoms with Crippen LogP contribution in [-0.2, 0) is 17.8 Å². The molecular formula is C25H34N2O2. The lowest BCUT2D eigenvalue weighted by atomic mass is 10.1. The quantitative estimate of drug-likeness (QED) is 0.673. The summed E-state index contributed by atoms with van der Waals surface area (Å²) in [5, 5.41) is 0. The number of benzene rings is 2.